The first-order valence-electron chi connectivity index (χ1n) is 5.06. The molecule has 78 valence electrons. The highest BCUT2D eigenvalue weighted by Crippen LogP contribution is 2.29. The standard InChI is InChI=1S/C11H17NO2/c1-9(2)11(13)7-12(8-11)5-10-3-4-14-6-10/h3-4,6,9,13H,5,7-8H2,1-2H3. The number of nitrogens with zero attached hydrogens (tertiary/aromatic N) is 1. The van der Waals surface area contributed by atoms with E-state index in [4.69, 9.17) is 4.42 Å². The molecule has 2 rings (SSSR count). The second-order valence-electron chi connectivity index (χ2n) is 4.54. The SMILES string of the molecule is CC(C)C1(O)CN(Cc2ccoc2)C1. The minimum atomic E-state index is -0.469. The Bertz CT molecular complexity index is 286. The zero-order valence-electron chi connectivity index (χ0n) is 8.73. The van der Waals surface area contributed by atoms with Crippen molar-refractivity contribution in [3.05, 3.63) is 24.2 Å². The molecule has 1 fully saturated rings. The molecule has 1 aromatic rings. The first-order valence-corrected chi connectivity index (χ1v) is 5.06. The third kappa shape index (κ3) is 1.70. The fraction of sp³-hybridized carbons (Fsp3) is 0.636. The lowest BCUT2D eigenvalue weighted by Crippen LogP contribution is -2.63. The monoisotopic (exact) mass is 195 g/mol. The van der Waals surface area contributed by atoms with Gasteiger partial charge in [0.05, 0.1) is 18.1 Å². The summed E-state index contributed by atoms with van der Waals surface area (Å²) < 4.78 is 4.99. The average molecular weight is 195 g/mol. The van der Waals surface area contributed by atoms with E-state index in [0.29, 0.717) is 5.92 Å². The first-order chi connectivity index (χ1) is 6.60. The summed E-state index contributed by atoms with van der Waals surface area (Å²) >= 11 is 0. The van der Waals surface area contributed by atoms with Gasteiger partial charge in [-0.2, -0.15) is 0 Å². The largest absolute Gasteiger partial charge is 0.472 e. The Hall–Kier alpha value is -0.800. The van der Waals surface area contributed by atoms with Crippen molar-refractivity contribution in [1.29, 1.82) is 0 Å². The lowest BCUT2D eigenvalue weighted by molar-refractivity contribution is -0.130. The van der Waals surface area contributed by atoms with Gasteiger partial charge in [0.2, 0.25) is 0 Å². The molecule has 0 atom stereocenters. The minimum Gasteiger partial charge on any atom is -0.472 e. The van der Waals surface area contributed by atoms with Gasteiger partial charge in [-0.05, 0) is 12.0 Å². The Morgan fingerprint density at radius 1 is 1.57 bits per heavy atom. The van der Waals surface area contributed by atoms with Crippen LogP contribution in [0, 0.1) is 5.92 Å². The Morgan fingerprint density at radius 2 is 2.29 bits per heavy atom. The maximum Gasteiger partial charge on any atom is 0.0947 e. The van der Waals surface area contributed by atoms with Gasteiger partial charge in [0.25, 0.3) is 0 Å². The molecule has 1 aliphatic rings. The molecule has 1 aromatic heterocycles. The molecule has 1 saturated heterocycles. The molecular formula is C11H17NO2. The lowest BCUT2D eigenvalue weighted by atomic mass is 9.83. The van der Waals surface area contributed by atoms with Gasteiger partial charge in [0, 0.05) is 25.2 Å². The maximum absolute atomic E-state index is 10.0. The van der Waals surface area contributed by atoms with Crippen molar-refractivity contribution < 1.29 is 9.52 Å². The molecule has 3 nitrogen and oxygen atoms in total. The Morgan fingerprint density at radius 3 is 2.79 bits per heavy atom. The van der Waals surface area contributed by atoms with Crippen LogP contribution < -0.4 is 0 Å². The average Bonchev–Trinajstić information content (AvgIpc) is 2.53. The van der Waals surface area contributed by atoms with Crippen molar-refractivity contribution in [2.75, 3.05) is 13.1 Å². The smallest absolute Gasteiger partial charge is 0.0947 e. The van der Waals surface area contributed by atoms with E-state index in [0.717, 1.165) is 19.6 Å². The molecule has 3 heteroatoms. The van der Waals surface area contributed by atoms with E-state index in [1.54, 1.807) is 12.5 Å². The molecule has 14 heavy (non-hydrogen) atoms. The molecule has 0 amide bonds. The van der Waals surface area contributed by atoms with Crippen LogP contribution in [-0.2, 0) is 6.54 Å². The van der Waals surface area contributed by atoms with Crippen molar-refractivity contribution >= 4 is 0 Å². The van der Waals surface area contributed by atoms with Gasteiger partial charge in [-0.25, -0.2) is 0 Å². The summed E-state index contributed by atoms with van der Waals surface area (Å²) in [6.07, 6.45) is 3.44. The zero-order chi connectivity index (χ0) is 10.2. The summed E-state index contributed by atoms with van der Waals surface area (Å²) in [5, 5.41) is 10.0. The van der Waals surface area contributed by atoms with Crippen molar-refractivity contribution in [1.82, 2.24) is 4.90 Å². The van der Waals surface area contributed by atoms with Gasteiger partial charge in [0.1, 0.15) is 0 Å². The van der Waals surface area contributed by atoms with Crippen LogP contribution in [0.2, 0.25) is 0 Å². The van der Waals surface area contributed by atoms with Crippen molar-refractivity contribution in [2.24, 2.45) is 5.92 Å². The van der Waals surface area contributed by atoms with E-state index in [1.165, 1.54) is 5.56 Å². The van der Waals surface area contributed by atoms with Gasteiger partial charge >= 0.3 is 0 Å². The summed E-state index contributed by atoms with van der Waals surface area (Å²) in [6, 6.07) is 1.97. The highest BCUT2D eigenvalue weighted by atomic mass is 16.3. The van der Waals surface area contributed by atoms with E-state index < -0.39 is 5.60 Å². The number of β-amino-alcohol motifs (C(OH)–C–C–N with tert-alkyl or cyclic N) is 1. The van der Waals surface area contributed by atoms with Crippen LogP contribution in [0.15, 0.2) is 23.0 Å². The summed E-state index contributed by atoms with van der Waals surface area (Å²) in [5.74, 6) is 0.336. The first kappa shape index (κ1) is 9.74. The van der Waals surface area contributed by atoms with Crippen molar-refractivity contribution in [3.8, 4) is 0 Å². The molecule has 0 radical (unpaired) electrons. The van der Waals surface area contributed by atoms with Gasteiger partial charge in [-0.1, -0.05) is 13.8 Å². The third-order valence-corrected chi connectivity index (χ3v) is 3.06. The summed E-state index contributed by atoms with van der Waals surface area (Å²) in [7, 11) is 0. The molecule has 0 unspecified atom stereocenters. The number of aliphatic hydroxyl groups is 1. The second kappa shape index (κ2) is 3.41. The molecule has 0 bridgehead atoms. The van der Waals surface area contributed by atoms with Crippen LogP contribution in [0.3, 0.4) is 0 Å². The highest BCUT2D eigenvalue weighted by molar-refractivity contribution is 5.08. The molecule has 1 N–H and O–H groups in total. The molecule has 1 aliphatic heterocycles. The predicted molar refractivity (Wildman–Crippen MR) is 53.8 cm³/mol. The number of likely N-dealkylation sites (tertiary alicyclic amines) is 1. The Labute approximate surface area is 84.3 Å². The van der Waals surface area contributed by atoms with Gasteiger partial charge in [0.15, 0.2) is 0 Å². The minimum absolute atomic E-state index is 0.336. The molecule has 0 saturated carbocycles. The van der Waals surface area contributed by atoms with Crippen molar-refractivity contribution in [3.63, 3.8) is 0 Å². The lowest BCUT2D eigenvalue weighted by Gasteiger charge is -2.49. The molecule has 0 aromatic carbocycles. The van der Waals surface area contributed by atoms with E-state index in [9.17, 15) is 5.11 Å². The number of furan rings is 1. The van der Waals surface area contributed by atoms with Crippen LogP contribution in [-0.4, -0.2) is 28.7 Å². The Balaban J connectivity index is 1.84. The quantitative estimate of drug-likeness (QED) is 0.793. The Kier molecular flexibility index (Phi) is 2.37. The summed E-state index contributed by atoms with van der Waals surface area (Å²) in [5.41, 5.74) is 0.708. The zero-order valence-corrected chi connectivity index (χ0v) is 8.73. The molecule has 0 spiro atoms. The predicted octanol–water partition coefficient (Wildman–Crippen LogP) is 1.48. The van der Waals surface area contributed by atoms with E-state index in [2.05, 4.69) is 18.7 Å². The van der Waals surface area contributed by atoms with E-state index in [-0.39, 0.29) is 0 Å². The number of rotatable bonds is 3. The van der Waals surface area contributed by atoms with E-state index in [1.807, 2.05) is 6.07 Å². The van der Waals surface area contributed by atoms with Crippen molar-refractivity contribution in [2.45, 2.75) is 26.0 Å². The summed E-state index contributed by atoms with van der Waals surface area (Å²) in [4.78, 5) is 2.23. The fourth-order valence-corrected chi connectivity index (χ4v) is 1.85. The van der Waals surface area contributed by atoms with Crippen LogP contribution >= 0.6 is 0 Å². The van der Waals surface area contributed by atoms with Crippen LogP contribution in [0.5, 0.6) is 0 Å². The summed E-state index contributed by atoms with van der Waals surface area (Å²) in [6.45, 7) is 6.56. The van der Waals surface area contributed by atoms with E-state index >= 15 is 0 Å². The molecule has 0 aliphatic carbocycles. The fourth-order valence-electron chi connectivity index (χ4n) is 1.85. The number of hydrogen-bond donors (Lipinski definition) is 1. The van der Waals surface area contributed by atoms with Gasteiger partial charge < -0.3 is 9.52 Å². The maximum atomic E-state index is 10.0. The highest BCUT2D eigenvalue weighted by Gasteiger charge is 2.43. The number of hydrogen-bond acceptors (Lipinski definition) is 3. The van der Waals surface area contributed by atoms with Gasteiger partial charge in [-0.3, -0.25) is 4.90 Å². The topological polar surface area (TPSA) is 36.6 Å². The second-order valence-corrected chi connectivity index (χ2v) is 4.54. The third-order valence-electron chi connectivity index (χ3n) is 3.06. The van der Waals surface area contributed by atoms with Gasteiger partial charge in [-0.15, -0.1) is 0 Å². The normalized spacial score (nSPS) is 21.1. The van der Waals surface area contributed by atoms with Crippen LogP contribution in [0.4, 0.5) is 0 Å². The molecule has 2 heterocycles. The molecular weight excluding hydrogens is 178 g/mol. The van der Waals surface area contributed by atoms with Crippen LogP contribution in [0.1, 0.15) is 19.4 Å². The van der Waals surface area contributed by atoms with Crippen LogP contribution in [0.25, 0.3) is 0 Å².